The first-order chi connectivity index (χ1) is 18.6. The first kappa shape index (κ1) is 30.1. The van der Waals surface area contributed by atoms with Gasteiger partial charge in [0.1, 0.15) is 5.75 Å². The average Bonchev–Trinajstić information content (AvgIpc) is 2.89. The number of ether oxygens (including phenoxy) is 1. The van der Waals surface area contributed by atoms with Crippen molar-refractivity contribution in [3.05, 3.63) is 87.9 Å². The van der Waals surface area contributed by atoms with E-state index >= 15 is 0 Å². The first-order valence-electron chi connectivity index (χ1n) is 12.2. The molecule has 11 heteroatoms. The van der Waals surface area contributed by atoms with E-state index in [2.05, 4.69) is 38.8 Å². The number of amides is 2. The Bertz CT molecular complexity index is 1320. The Kier molecular flexibility index (Phi) is 10.9. The summed E-state index contributed by atoms with van der Waals surface area (Å²) in [6.45, 7) is 2.75. The van der Waals surface area contributed by atoms with Gasteiger partial charge in [-0.2, -0.15) is 13.2 Å². The molecule has 3 rings (SSSR count). The monoisotopic (exact) mass is 621 g/mol. The molecule has 0 saturated carbocycles. The molecule has 0 radical (unpaired) electrons. The molecule has 0 aromatic heterocycles. The highest BCUT2D eigenvalue weighted by Crippen LogP contribution is 2.31. The standard InChI is InChI=1S/C28H27BrF3N3O3S/c1-2-3-4-5-15-38-24-14-11-19(16-23(24)29)26(37)35-27(39)34-21-12-9-18(10-13-21)25(36)33-22-8-6-7-20(17-22)28(30,31)32/h6-14,16-17H,2-5,15H2,1H3,(H,33,36)(H2,34,35,37,39). The molecule has 0 saturated heterocycles. The van der Waals surface area contributed by atoms with E-state index in [1.807, 2.05) is 0 Å². The normalized spacial score (nSPS) is 11.0. The average molecular weight is 623 g/mol. The molecule has 206 valence electrons. The number of unbranched alkanes of at least 4 members (excludes halogenated alkanes) is 3. The summed E-state index contributed by atoms with van der Waals surface area (Å²) in [6, 6.07) is 15.5. The Labute approximate surface area is 238 Å². The predicted molar refractivity (Wildman–Crippen MR) is 153 cm³/mol. The van der Waals surface area contributed by atoms with Crippen LogP contribution in [0.2, 0.25) is 0 Å². The Morgan fingerprint density at radius 2 is 1.59 bits per heavy atom. The van der Waals surface area contributed by atoms with Gasteiger partial charge in [-0.1, -0.05) is 32.3 Å². The molecule has 0 unspecified atom stereocenters. The Hall–Kier alpha value is -3.44. The maximum atomic E-state index is 12.9. The number of nitrogens with one attached hydrogen (secondary N) is 3. The number of hydrogen-bond donors (Lipinski definition) is 3. The van der Waals surface area contributed by atoms with Gasteiger partial charge in [0.15, 0.2) is 5.11 Å². The zero-order valence-corrected chi connectivity index (χ0v) is 23.4. The third-order valence-corrected chi connectivity index (χ3v) is 6.35. The van der Waals surface area contributed by atoms with Crippen LogP contribution in [0.4, 0.5) is 24.5 Å². The number of benzene rings is 3. The summed E-state index contributed by atoms with van der Waals surface area (Å²) in [5, 5.41) is 7.95. The molecule has 2 amide bonds. The highest BCUT2D eigenvalue weighted by molar-refractivity contribution is 9.10. The van der Waals surface area contributed by atoms with Crippen molar-refractivity contribution in [3.63, 3.8) is 0 Å². The van der Waals surface area contributed by atoms with Gasteiger partial charge in [0.2, 0.25) is 0 Å². The summed E-state index contributed by atoms with van der Waals surface area (Å²) in [5.41, 5.74) is 0.282. The lowest BCUT2D eigenvalue weighted by Crippen LogP contribution is -2.34. The molecule has 0 fully saturated rings. The minimum absolute atomic E-state index is 0.0270. The van der Waals surface area contributed by atoms with E-state index in [1.165, 1.54) is 30.7 Å². The lowest BCUT2D eigenvalue weighted by molar-refractivity contribution is -0.137. The summed E-state index contributed by atoms with van der Waals surface area (Å²) in [6.07, 6.45) is -0.123. The Morgan fingerprint density at radius 3 is 2.26 bits per heavy atom. The SMILES string of the molecule is CCCCCCOc1ccc(C(=O)NC(=S)Nc2ccc(C(=O)Nc3cccc(C(F)(F)F)c3)cc2)cc1Br. The molecule has 3 aromatic rings. The zero-order chi connectivity index (χ0) is 28.4. The van der Waals surface area contributed by atoms with Gasteiger partial charge in [-0.3, -0.25) is 14.9 Å². The van der Waals surface area contributed by atoms with E-state index in [0.29, 0.717) is 28.1 Å². The number of alkyl halides is 3. The lowest BCUT2D eigenvalue weighted by atomic mass is 10.1. The molecule has 3 aromatic carbocycles. The van der Waals surface area contributed by atoms with Crippen LogP contribution in [0, 0.1) is 0 Å². The van der Waals surface area contributed by atoms with Crippen LogP contribution in [0.5, 0.6) is 5.75 Å². The first-order valence-corrected chi connectivity index (χ1v) is 13.4. The van der Waals surface area contributed by atoms with Crippen molar-refractivity contribution in [1.82, 2.24) is 5.32 Å². The number of carbonyl (C=O) groups excluding carboxylic acids is 2. The Balaban J connectivity index is 1.51. The quantitative estimate of drug-likeness (QED) is 0.159. The van der Waals surface area contributed by atoms with Crippen molar-refractivity contribution in [2.75, 3.05) is 17.2 Å². The van der Waals surface area contributed by atoms with Crippen LogP contribution in [-0.2, 0) is 6.18 Å². The number of rotatable bonds is 10. The summed E-state index contributed by atoms with van der Waals surface area (Å²) in [7, 11) is 0. The zero-order valence-electron chi connectivity index (χ0n) is 21.0. The second kappa shape index (κ2) is 14.1. The van der Waals surface area contributed by atoms with Gasteiger partial charge in [-0.05, 0) is 95.2 Å². The third kappa shape index (κ3) is 9.36. The molecule has 39 heavy (non-hydrogen) atoms. The topological polar surface area (TPSA) is 79.5 Å². The lowest BCUT2D eigenvalue weighted by Gasteiger charge is -2.12. The largest absolute Gasteiger partial charge is 0.492 e. The second-order valence-corrected chi connectivity index (χ2v) is 9.84. The van der Waals surface area contributed by atoms with E-state index < -0.39 is 23.6 Å². The Morgan fingerprint density at radius 1 is 0.872 bits per heavy atom. The number of thiocarbonyl (C=S) groups is 1. The van der Waals surface area contributed by atoms with Crippen LogP contribution in [0.3, 0.4) is 0 Å². The molecule has 0 bridgehead atoms. The summed E-state index contributed by atoms with van der Waals surface area (Å²) in [4.78, 5) is 25.1. The van der Waals surface area contributed by atoms with Crippen molar-refractivity contribution in [2.45, 2.75) is 38.8 Å². The molecule has 6 nitrogen and oxygen atoms in total. The second-order valence-electron chi connectivity index (χ2n) is 8.57. The minimum atomic E-state index is -4.51. The molecule has 0 aliphatic rings. The van der Waals surface area contributed by atoms with Gasteiger partial charge in [-0.15, -0.1) is 0 Å². The third-order valence-electron chi connectivity index (χ3n) is 5.53. The van der Waals surface area contributed by atoms with E-state index in [-0.39, 0.29) is 16.4 Å². The van der Waals surface area contributed by atoms with Crippen molar-refractivity contribution < 1.29 is 27.5 Å². The molecular weight excluding hydrogens is 595 g/mol. The van der Waals surface area contributed by atoms with Crippen LogP contribution in [-0.4, -0.2) is 23.5 Å². The predicted octanol–water partition coefficient (Wildman–Crippen LogP) is 7.81. The maximum absolute atomic E-state index is 12.9. The van der Waals surface area contributed by atoms with Crippen molar-refractivity contribution in [2.24, 2.45) is 0 Å². The van der Waals surface area contributed by atoms with E-state index in [1.54, 1.807) is 30.3 Å². The fourth-order valence-corrected chi connectivity index (χ4v) is 4.19. The van der Waals surface area contributed by atoms with E-state index in [0.717, 1.165) is 31.4 Å². The number of anilines is 2. The number of halogens is 4. The van der Waals surface area contributed by atoms with Crippen LogP contribution in [0.1, 0.15) is 58.9 Å². The summed E-state index contributed by atoms with van der Waals surface area (Å²) < 4.78 is 45.1. The maximum Gasteiger partial charge on any atom is 0.416 e. The van der Waals surface area contributed by atoms with Crippen LogP contribution in [0.15, 0.2) is 71.2 Å². The van der Waals surface area contributed by atoms with Crippen LogP contribution < -0.4 is 20.7 Å². The van der Waals surface area contributed by atoms with E-state index in [4.69, 9.17) is 17.0 Å². The molecule has 0 aliphatic carbocycles. The number of hydrogen-bond acceptors (Lipinski definition) is 4. The molecule has 0 heterocycles. The smallest absolute Gasteiger partial charge is 0.416 e. The van der Waals surface area contributed by atoms with Gasteiger partial charge < -0.3 is 15.4 Å². The molecule has 0 spiro atoms. The van der Waals surface area contributed by atoms with Crippen molar-refractivity contribution in [3.8, 4) is 5.75 Å². The molecular formula is C28H27BrF3N3O3S. The molecule has 0 atom stereocenters. The van der Waals surface area contributed by atoms with Crippen molar-refractivity contribution in [1.29, 1.82) is 0 Å². The van der Waals surface area contributed by atoms with Gasteiger partial charge in [0.25, 0.3) is 11.8 Å². The fourth-order valence-electron chi connectivity index (χ4n) is 3.49. The fraction of sp³-hybridized carbons (Fsp3) is 0.250. The minimum Gasteiger partial charge on any atom is -0.492 e. The summed E-state index contributed by atoms with van der Waals surface area (Å²) >= 11 is 8.66. The van der Waals surface area contributed by atoms with Gasteiger partial charge in [-0.25, -0.2) is 0 Å². The highest BCUT2D eigenvalue weighted by atomic mass is 79.9. The highest BCUT2D eigenvalue weighted by Gasteiger charge is 2.30. The van der Waals surface area contributed by atoms with Gasteiger partial charge >= 0.3 is 6.18 Å². The number of carbonyl (C=O) groups is 2. The van der Waals surface area contributed by atoms with Crippen LogP contribution in [0.25, 0.3) is 0 Å². The van der Waals surface area contributed by atoms with E-state index in [9.17, 15) is 22.8 Å². The molecule has 3 N–H and O–H groups in total. The summed E-state index contributed by atoms with van der Waals surface area (Å²) in [5.74, 6) is -0.337. The van der Waals surface area contributed by atoms with Crippen LogP contribution >= 0.6 is 28.1 Å². The van der Waals surface area contributed by atoms with Gasteiger partial charge in [0.05, 0.1) is 16.6 Å². The molecule has 0 aliphatic heterocycles. The van der Waals surface area contributed by atoms with Crippen molar-refractivity contribution >= 4 is 56.4 Å². The van der Waals surface area contributed by atoms with Gasteiger partial charge in [0, 0.05) is 22.5 Å².